The second kappa shape index (κ2) is 7.70. The number of amides is 1. The topological polar surface area (TPSA) is 36.4 Å². The fraction of sp³-hybridized carbons (Fsp3) is 0.444. The van der Waals surface area contributed by atoms with Crippen molar-refractivity contribution in [1.82, 2.24) is 14.8 Å². The second-order valence-electron chi connectivity index (χ2n) is 6.15. The number of rotatable bonds is 6. The van der Waals surface area contributed by atoms with Crippen LogP contribution in [0.3, 0.4) is 0 Å². The van der Waals surface area contributed by atoms with E-state index in [-0.39, 0.29) is 11.9 Å². The van der Waals surface area contributed by atoms with Crippen molar-refractivity contribution in [3.05, 3.63) is 51.5 Å². The normalized spacial score (nSPS) is 12.4. The number of aryl methyl sites for hydroxylation is 2. The number of carbonyl (C=O) groups excluding carboxylic acids is 1. The molecule has 0 N–H and O–H groups in total. The van der Waals surface area contributed by atoms with Crippen molar-refractivity contribution < 1.29 is 4.79 Å². The summed E-state index contributed by atoms with van der Waals surface area (Å²) in [5, 5.41) is 0. The molecule has 0 radical (unpaired) electrons. The molecule has 2 rings (SSSR count). The molecule has 1 heterocycles. The van der Waals surface area contributed by atoms with Crippen LogP contribution in [0.4, 0.5) is 0 Å². The van der Waals surface area contributed by atoms with Gasteiger partial charge in [-0.1, -0.05) is 29.8 Å². The van der Waals surface area contributed by atoms with Gasteiger partial charge in [-0.05, 0) is 33.5 Å². The van der Waals surface area contributed by atoms with Crippen LogP contribution in [0.1, 0.15) is 27.7 Å². The van der Waals surface area contributed by atoms with Crippen LogP contribution in [-0.2, 0) is 11.2 Å². The first-order valence-electron chi connectivity index (χ1n) is 7.77. The minimum atomic E-state index is -0.248. The maximum Gasteiger partial charge on any atom is 0.244 e. The van der Waals surface area contributed by atoms with Gasteiger partial charge in [0.15, 0.2) is 0 Å². The molecule has 23 heavy (non-hydrogen) atoms. The Hall–Kier alpha value is -1.72. The van der Waals surface area contributed by atoms with Gasteiger partial charge >= 0.3 is 0 Å². The number of hydrogen-bond donors (Lipinski definition) is 0. The third-order valence-corrected chi connectivity index (χ3v) is 5.00. The standard InChI is InChI=1S/C18H25N3OS/c1-13-7-6-8-15(11-13)17(20(3)4)18(22)21(5)10-9-16-14(2)19-12-23-16/h6-8,11-12,17H,9-10H2,1-5H3. The van der Waals surface area contributed by atoms with Crippen molar-refractivity contribution in [2.75, 3.05) is 27.7 Å². The van der Waals surface area contributed by atoms with E-state index in [1.165, 1.54) is 10.4 Å². The summed E-state index contributed by atoms with van der Waals surface area (Å²) < 4.78 is 0. The Morgan fingerprint density at radius 3 is 2.57 bits per heavy atom. The summed E-state index contributed by atoms with van der Waals surface area (Å²) in [4.78, 5) is 22.2. The number of thiazole rings is 1. The fourth-order valence-corrected chi connectivity index (χ4v) is 3.43. The molecule has 1 unspecified atom stereocenters. The Balaban J connectivity index is 2.09. The Morgan fingerprint density at radius 2 is 2.00 bits per heavy atom. The maximum atomic E-state index is 12.9. The van der Waals surface area contributed by atoms with Gasteiger partial charge in [-0.2, -0.15) is 0 Å². The number of likely N-dealkylation sites (N-methyl/N-ethyl adjacent to an activating group) is 2. The fourth-order valence-electron chi connectivity index (χ4n) is 2.66. The molecule has 4 nitrogen and oxygen atoms in total. The van der Waals surface area contributed by atoms with E-state index < -0.39 is 0 Å². The van der Waals surface area contributed by atoms with Crippen LogP contribution >= 0.6 is 11.3 Å². The molecule has 0 bridgehead atoms. The molecule has 0 spiro atoms. The second-order valence-corrected chi connectivity index (χ2v) is 7.09. The summed E-state index contributed by atoms with van der Waals surface area (Å²) in [6, 6.07) is 7.93. The van der Waals surface area contributed by atoms with E-state index in [2.05, 4.69) is 24.0 Å². The van der Waals surface area contributed by atoms with Gasteiger partial charge in [-0.25, -0.2) is 4.98 Å². The zero-order chi connectivity index (χ0) is 17.0. The molecule has 0 aliphatic carbocycles. The molecule has 1 aromatic heterocycles. The first-order valence-corrected chi connectivity index (χ1v) is 8.65. The van der Waals surface area contributed by atoms with Crippen LogP contribution in [0.2, 0.25) is 0 Å². The number of benzene rings is 1. The quantitative estimate of drug-likeness (QED) is 0.816. The molecule has 1 atom stereocenters. The van der Waals surface area contributed by atoms with E-state index >= 15 is 0 Å². The van der Waals surface area contributed by atoms with Crippen molar-refractivity contribution in [2.45, 2.75) is 26.3 Å². The number of hydrogen-bond acceptors (Lipinski definition) is 4. The molecular formula is C18H25N3OS. The molecule has 2 aromatic rings. The summed E-state index contributed by atoms with van der Waals surface area (Å²) in [7, 11) is 5.78. The van der Waals surface area contributed by atoms with Gasteiger partial charge in [-0.15, -0.1) is 11.3 Å². The molecule has 0 saturated carbocycles. The van der Waals surface area contributed by atoms with Gasteiger partial charge in [0.2, 0.25) is 5.91 Å². The van der Waals surface area contributed by atoms with Gasteiger partial charge in [-0.3, -0.25) is 9.69 Å². The Labute approximate surface area is 142 Å². The molecular weight excluding hydrogens is 306 g/mol. The predicted octanol–water partition coefficient (Wildman–Crippen LogP) is 3.06. The summed E-state index contributed by atoms with van der Waals surface area (Å²) in [5.74, 6) is 0.128. The van der Waals surface area contributed by atoms with Gasteiger partial charge in [0.25, 0.3) is 0 Å². The Morgan fingerprint density at radius 1 is 1.26 bits per heavy atom. The predicted molar refractivity (Wildman–Crippen MR) is 95.8 cm³/mol. The zero-order valence-electron chi connectivity index (χ0n) is 14.5. The van der Waals surface area contributed by atoms with Crippen LogP contribution in [0, 0.1) is 13.8 Å². The molecule has 5 heteroatoms. The summed E-state index contributed by atoms with van der Waals surface area (Å²) in [6.45, 7) is 4.78. The third-order valence-electron chi connectivity index (χ3n) is 4.00. The van der Waals surface area contributed by atoms with Crippen LogP contribution in [0.25, 0.3) is 0 Å². The largest absolute Gasteiger partial charge is 0.344 e. The highest BCUT2D eigenvalue weighted by Gasteiger charge is 2.26. The molecule has 124 valence electrons. The SMILES string of the molecule is Cc1cccc(C(C(=O)N(C)CCc2scnc2C)N(C)C)c1. The van der Waals surface area contributed by atoms with E-state index in [1.54, 1.807) is 11.3 Å². The molecule has 0 fully saturated rings. The molecule has 0 aliphatic rings. The monoisotopic (exact) mass is 331 g/mol. The number of nitrogens with zero attached hydrogens (tertiary/aromatic N) is 3. The van der Waals surface area contributed by atoms with E-state index in [0.717, 1.165) is 17.7 Å². The molecule has 1 aromatic carbocycles. The Kier molecular flexibility index (Phi) is 5.91. The highest BCUT2D eigenvalue weighted by atomic mass is 32.1. The lowest BCUT2D eigenvalue weighted by Crippen LogP contribution is -2.39. The van der Waals surface area contributed by atoms with Crippen molar-refractivity contribution in [3.63, 3.8) is 0 Å². The van der Waals surface area contributed by atoms with E-state index in [1.807, 2.05) is 55.5 Å². The highest BCUT2D eigenvalue weighted by molar-refractivity contribution is 7.09. The maximum absolute atomic E-state index is 12.9. The summed E-state index contributed by atoms with van der Waals surface area (Å²) in [6.07, 6.45) is 0.854. The van der Waals surface area contributed by atoms with Gasteiger partial charge < -0.3 is 4.90 Å². The minimum absolute atomic E-state index is 0.128. The van der Waals surface area contributed by atoms with Crippen LogP contribution < -0.4 is 0 Å². The average molecular weight is 331 g/mol. The zero-order valence-corrected chi connectivity index (χ0v) is 15.4. The smallest absolute Gasteiger partial charge is 0.244 e. The van der Waals surface area contributed by atoms with Crippen molar-refractivity contribution in [3.8, 4) is 0 Å². The van der Waals surface area contributed by atoms with Crippen LogP contribution in [0.15, 0.2) is 29.8 Å². The lowest BCUT2D eigenvalue weighted by molar-refractivity contribution is -0.135. The molecule has 0 aliphatic heterocycles. The van der Waals surface area contributed by atoms with E-state index in [4.69, 9.17) is 0 Å². The number of aromatic nitrogens is 1. The van der Waals surface area contributed by atoms with Gasteiger partial charge in [0, 0.05) is 24.9 Å². The van der Waals surface area contributed by atoms with Crippen LogP contribution in [0.5, 0.6) is 0 Å². The summed E-state index contributed by atoms with van der Waals surface area (Å²) in [5.41, 5.74) is 5.14. The lowest BCUT2D eigenvalue weighted by atomic mass is 10.0. The molecule has 0 saturated heterocycles. The third kappa shape index (κ3) is 4.39. The van der Waals surface area contributed by atoms with Gasteiger partial charge in [0.1, 0.15) is 6.04 Å². The van der Waals surface area contributed by atoms with E-state index in [0.29, 0.717) is 6.54 Å². The van der Waals surface area contributed by atoms with Crippen molar-refractivity contribution >= 4 is 17.2 Å². The van der Waals surface area contributed by atoms with Gasteiger partial charge in [0.05, 0.1) is 11.2 Å². The average Bonchev–Trinajstić information content (AvgIpc) is 2.90. The molecule has 1 amide bonds. The van der Waals surface area contributed by atoms with Crippen molar-refractivity contribution in [1.29, 1.82) is 0 Å². The minimum Gasteiger partial charge on any atom is -0.344 e. The van der Waals surface area contributed by atoms with Crippen molar-refractivity contribution in [2.24, 2.45) is 0 Å². The Bertz CT molecular complexity index is 666. The highest BCUT2D eigenvalue weighted by Crippen LogP contribution is 2.22. The lowest BCUT2D eigenvalue weighted by Gasteiger charge is -2.29. The van der Waals surface area contributed by atoms with Crippen LogP contribution in [-0.4, -0.2) is 48.4 Å². The summed E-state index contributed by atoms with van der Waals surface area (Å²) >= 11 is 1.66. The number of carbonyl (C=O) groups is 1. The van der Waals surface area contributed by atoms with E-state index in [9.17, 15) is 4.79 Å². The first kappa shape index (κ1) is 17.6. The first-order chi connectivity index (χ1) is 10.9.